The fraction of sp³-hybridized carbons (Fsp3) is 0.875. The molecule has 1 atom stereocenters. The van der Waals surface area contributed by atoms with E-state index in [2.05, 4.69) is 0 Å². The van der Waals surface area contributed by atoms with Crippen molar-refractivity contribution in [1.29, 1.82) is 0 Å². The standard InChI is InChI=1S/C8H14O4/c1-3-10-7(9)6(2)8-11-4-5-12-8/h6,8H,3-5H2,1-2H3. The SMILES string of the molecule is CCOC(=O)C(C)C1OCCO1. The van der Waals surface area contributed by atoms with E-state index in [0.29, 0.717) is 19.8 Å². The Hall–Kier alpha value is -0.610. The van der Waals surface area contributed by atoms with Gasteiger partial charge in [0.2, 0.25) is 0 Å². The van der Waals surface area contributed by atoms with Crippen molar-refractivity contribution in [1.82, 2.24) is 0 Å². The molecule has 0 N–H and O–H groups in total. The van der Waals surface area contributed by atoms with Crippen LogP contribution in [0.2, 0.25) is 0 Å². The summed E-state index contributed by atoms with van der Waals surface area (Å²) in [4.78, 5) is 11.1. The summed E-state index contributed by atoms with van der Waals surface area (Å²) >= 11 is 0. The minimum absolute atomic E-state index is 0.260. The van der Waals surface area contributed by atoms with Gasteiger partial charge in [0.25, 0.3) is 0 Å². The van der Waals surface area contributed by atoms with E-state index in [1.165, 1.54) is 0 Å². The predicted molar refractivity (Wildman–Crippen MR) is 41.5 cm³/mol. The molecule has 0 spiro atoms. The van der Waals surface area contributed by atoms with Crippen LogP contribution >= 0.6 is 0 Å². The second kappa shape index (κ2) is 4.42. The van der Waals surface area contributed by atoms with Crippen LogP contribution in [0.25, 0.3) is 0 Å². The number of carbonyl (C=O) groups excluding carboxylic acids is 1. The van der Waals surface area contributed by atoms with Crippen LogP contribution in [0.3, 0.4) is 0 Å². The number of hydrogen-bond donors (Lipinski definition) is 0. The first kappa shape index (κ1) is 9.48. The minimum atomic E-state index is -0.413. The molecular weight excluding hydrogens is 160 g/mol. The molecule has 4 heteroatoms. The Morgan fingerprint density at radius 2 is 2.17 bits per heavy atom. The highest BCUT2D eigenvalue weighted by molar-refractivity contribution is 5.72. The molecule has 1 rings (SSSR count). The predicted octanol–water partition coefficient (Wildman–Crippen LogP) is 0.558. The number of ether oxygens (including phenoxy) is 3. The Morgan fingerprint density at radius 1 is 1.58 bits per heavy atom. The van der Waals surface area contributed by atoms with Gasteiger partial charge in [0, 0.05) is 0 Å². The van der Waals surface area contributed by atoms with Crippen molar-refractivity contribution in [2.75, 3.05) is 19.8 Å². The van der Waals surface area contributed by atoms with Crippen molar-refractivity contribution in [2.24, 2.45) is 5.92 Å². The Kier molecular flexibility index (Phi) is 3.49. The summed E-state index contributed by atoms with van der Waals surface area (Å²) in [6.45, 7) is 5.05. The van der Waals surface area contributed by atoms with E-state index < -0.39 is 6.29 Å². The van der Waals surface area contributed by atoms with Crippen molar-refractivity contribution in [2.45, 2.75) is 20.1 Å². The number of carbonyl (C=O) groups is 1. The van der Waals surface area contributed by atoms with Crippen LogP contribution in [0, 0.1) is 5.92 Å². The van der Waals surface area contributed by atoms with Crippen molar-refractivity contribution >= 4 is 5.97 Å². The van der Waals surface area contributed by atoms with E-state index in [4.69, 9.17) is 14.2 Å². The summed E-state index contributed by atoms with van der Waals surface area (Å²) in [5, 5.41) is 0. The second-order valence-corrected chi connectivity index (χ2v) is 2.65. The first-order valence-corrected chi connectivity index (χ1v) is 4.15. The van der Waals surface area contributed by atoms with E-state index in [0.717, 1.165) is 0 Å². The lowest BCUT2D eigenvalue weighted by Gasteiger charge is -2.15. The lowest BCUT2D eigenvalue weighted by molar-refractivity contribution is -0.162. The smallest absolute Gasteiger partial charge is 0.313 e. The quantitative estimate of drug-likeness (QED) is 0.586. The fourth-order valence-electron chi connectivity index (χ4n) is 1.05. The van der Waals surface area contributed by atoms with Gasteiger partial charge in [-0.3, -0.25) is 4.79 Å². The molecule has 0 amide bonds. The third kappa shape index (κ3) is 2.19. The van der Waals surface area contributed by atoms with Crippen LogP contribution in [-0.4, -0.2) is 32.1 Å². The first-order valence-electron chi connectivity index (χ1n) is 4.15. The minimum Gasteiger partial charge on any atom is -0.466 e. The van der Waals surface area contributed by atoms with E-state index in [9.17, 15) is 4.79 Å². The monoisotopic (exact) mass is 174 g/mol. The van der Waals surface area contributed by atoms with Crippen molar-refractivity contribution in [3.8, 4) is 0 Å². The maximum absolute atomic E-state index is 11.1. The zero-order valence-corrected chi connectivity index (χ0v) is 7.41. The molecular formula is C8H14O4. The third-order valence-electron chi connectivity index (χ3n) is 1.71. The molecule has 4 nitrogen and oxygen atoms in total. The lowest BCUT2D eigenvalue weighted by Crippen LogP contribution is -2.28. The van der Waals surface area contributed by atoms with E-state index >= 15 is 0 Å². The van der Waals surface area contributed by atoms with Gasteiger partial charge in [-0.15, -0.1) is 0 Å². The number of hydrogen-bond acceptors (Lipinski definition) is 4. The summed E-state index contributed by atoms with van der Waals surface area (Å²) in [6.07, 6.45) is -0.413. The highest BCUT2D eigenvalue weighted by Crippen LogP contribution is 2.15. The summed E-state index contributed by atoms with van der Waals surface area (Å²) in [5.74, 6) is -0.586. The molecule has 0 aromatic heterocycles. The molecule has 1 heterocycles. The normalized spacial score (nSPS) is 20.8. The average Bonchev–Trinajstić information content (AvgIpc) is 2.55. The Bertz CT molecular complexity index is 151. The molecule has 1 unspecified atom stereocenters. The third-order valence-corrected chi connectivity index (χ3v) is 1.71. The molecule has 12 heavy (non-hydrogen) atoms. The molecule has 1 aliphatic rings. The van der Waals surface area contributed by atoms with Gasteiger partial charge in [0.15, 0.2) is 6.29 Å². The van der Waals surface area contributed by atoms with Crippen LogP contribution in [-0.2, 0) is 19.0 Å². The molecule has 1 aliphatic heterocycles. The molecule has 0 bridgehead atoms. The van der Waals surface area contributed by atoms with Crippen molar-refractivity contribution < 1.29 is 19.0 Å². The largest absolute Gasteiger partial charge is 0.466 e. The Balaban J connectivity index is 2.34. The number of esters is 1. The van der Waals surface area contributed by atoms with Crippen LogP contribution in [0.4, 0.5) is 0 Å². The van der Waals surface area contributed by atoms with Gasteiger partial charge in [-0.1, -0.05) is 0 Å². The van der Waals surface area contributed by atoms with Gasteiger partial charge in [-0.05, 0) is 13.8 Å². The second-order valence-electron chi connectivity index (χ2n) is 2.65. The van der Waals surface area contributed by atoms with E-state index in [-0.39, 0.29) is 11.9 Å². The molecule has 70 valence electrons. The summed E-state index contributed by atoms with van der Waals surface area (Å²) in [5.41, 5.74) is 0. The highest BCUT2D eigenvalue weighted by Gasteiger charge is 2.29. The van der Waals surface area contributed by atoms with Crippen LogP contribution in [0.5, 0.6) is 0 Å². The van der Waals surface area contributed by atoms with E-state index in [1.807, 2.05) is 0 Å². The maximum Gasteiger partial charge on any atom is 0.313 e. The zero-order chi connectivity index (χ0) is 8.97. The topological polar surface area (TPSA) is 44.8 Å². The van der Waals surface area contributed by atoms with Crippen molar-refractivity contribution in [3.05, 3.63) is 0 Å². The van der Waals surface area contributed by atoms with Gasteiger partial charge in [0.05, 0.1) is 19.8 Å². The first-order chi connectivity index (χ1) is 5.75. The van der Waals surface area contributed by atoms with Gasteiger partial charge in [-0.2, -0.15) is 0 Å². The molecule has 1 saturated heterocycles. The molecule has 0 saturated carbocycles. The average molecular weight is 174 g/mol. The number of rotatable bonds is 3. The van der Waals surface area contributed by atoms with Gasteiger partial charge >= 0.3 is 5.97 Å². The summed E-state index contributed by atoms with van der Waals surface area (Å²) < 4.78 is 15.1. The lowest BCUT2D eigenvalue weighted by atomic mass is 10.2. The molecule has 0 aliphatic carbocycles. The summed E-state index contributed by atoms with van der Waals surface area (Å²) in [6, 6.07) is 0. The van der Waals surface area contributed by atoms with Crippen molar-refractivity contribution in [3.63, 3.8) is 0 Å². The van der Waals surface area contributed by atoms with Gasteiger partial charge in [-0.25, -0.2) is 0 Å². The fourth-order valence-corrected chi connectivity index (χ4v) is 1.05. The van der Waals surface area contributed by atoms with Gasteiger partial charge in [0.1, 0.15) is 5.92 Å². The summed E-state index contributed by atoms with van der Waals surface area (Å²) in [7, 11) is 0. The Morgan fingerprint density at radius 3 is 2.67 bits per heavy atom. The van der Waals surface area contributed by atoms with Crippen LogP contribution < -0.4 is 0 Å². The van der Waals surface area contributed by atoms with Crippen LogP contribution in [0.15, 0.2) is 0 Å². The Labute approximate surface area is 71.8 Å². The molecule has 0 aromatic rings. The van der Waals surface area contributed by atoms with Gasteiger partial charge < -0.3 is 14.2 Å². The molecule has 0 aromatic carbocycles. The zero-order valence-electron chi connectivity index (χ0n) is 7.41. The highest BCUT2D eigenvalue weighted by atomic mass is 16.7. The molecule has 0 radical (unpaired) electrons. The van der Waals surface area contributed by atoms with E-state index in [1.54, 1.807) is 13.8 Å². The van der Waals surface area contributed by atoms with Crippen LogP contribution in [0.1, 0.15) is 13.8 Å². The molecule has 1 fully saturated rings. The maximum atomic E-state index is 11.1.